The highest BCUT2D eigenvalue weighted by molar-refractivity contribution is 7.80. The number of pyridine rings is 1. The van der Waals surface area contributed by atoms with Gasteiger partial charge in [-0.25, -0.2) is 0 Å². The monoisotopic (exact) mass is 390 g/mol. The van der Waals surface area contributed by atoms with Crippen LogP contribution in [0.5, 0.6) is 0 Å². The van der Waals surface area contributed by atoms with E-state index in [0.717, 1.165) is 16.5 Å². The second kappa shape index (κ2) is 7.06. The van der Waals surface area contributed by atoms with Gasteiger partial charge in [0.05, 0.1) is 17.8 Å². The molecule has 3 heterocycles. The van der Waals surface area contributed by atoms with Crippen LogP contribution in [0.3, 0.4) is 0 Å². The molecule has 5 heteroatoms. The van der Waals surface area contributed by atoms with Crippen molar-refractivity contribution in [1.82, 2.24) is 14.9 Å². The maximum atomic E-state index is 5.83. The molecule has 1 N–H and O–H groups in total. The molecule has 0 spiro atoms. The predicted octanol–water partition coefficient (Wildman–Crippen LogP) is 4.83. The van der Waals surface area contributed by atoms with E-state index in [2.05, 4.69) is 84.8 Å². The van der Waals surface area contributed by atoms with Gasteiger partial charge in [-0.2, -0.15) is 0 Å². The van der Waals surface area contributed by atoms with Crippen molar-refractivity contribution in [3.63, 3.8) is 0 Å². The lowest BCUT2D eigenvalue weighted by atomic mass is 9.96. The number of hydrogen-bond donors (Lipinski definition) is 1. The number of aryl methyl sites for hydroxylation is 3. The zero-order valence-corrected chi connectivity index (χ0v) is 17.8. The van der Waals surface area contributed by atoms with Gasteiger partial charge in [-0.1, -0.05) is 12.1 Å². The van der Waals surface area contributed by atoms with Crippen LogP contribution in [0.2, 0.25) is 0 Å². The summed E-state index contributed by atoms with van der Waals surface area (Å²) in [6.07, 6.45) is 1.85. The molecule has 2 atom stereocenters. The van der Waals surface area contributed by atoms with Gasteiger partial charge in [0.1, 0.15) is 0 Å². The van der Waals surface area contributed by atoms with Crippen LogP contribution < -0.4 is 10.2 Å². The van der Waals surface area contributed by atoms with Gasteiger partial charge in [0.15, 0.2) is 5.11 Å². The highest BCUT2D eigenvalue weighted by atomic mass is 32.1. The zero-order valence-electron chi connectivity index (χ0n) is 17.0. The van der Waals surface area contributed by atoms with Crippen molar-refractivity contribution >= 4 is 23.0 Å². The Hall–Kier alpha value is -2.66. The second-order valence-electron chi connectivity index (χ2n) is 7.73. The summed E-state index contributed by atoms with van der Waals surface area (Å²) in [5.41, 5.74) is 8.37. The fourth-order valence-electron chi connectivity index (χ4n) is 4.22. The van der Waals surface area contributed by atoms with Gasteiger partial charge >= 0.3 is 0 Å². The summed E-state index contributed by atoms with van der Waals surface area (Å²) in [6.45, 7) is 8.59. The summed E-state index contributed by atoms with van der Waals surface area (Å²) in [5.74, 6) is 0. The summed E-state index contributed by atoms with van der Waals surface area (Å²) in [4.78, 5) is 6.90. The Labute approximate surface area is 172 Å². The molecule has 2 unspecified atom stereocenters. The van der Waals surface area contributed by atoms with Crippen molar-refractivity contribution in [1.29, 1.82) is 0 Å². The minimum absolute atomic E-state index is 0.00461. The summed E-state index contributed by atoms with van der Waals surface area (Å²) in [5, 5.41) is 4.29. The van der Waals surface area contributed by atoms with Gasteiger partial charge in [-0.05, 0) is 86.9 Å². The van der Waals surface area contributed by atoms with Crippen LogP contribution in [0.4, 0.5) is 5.69 Å². The van der Waals surface area contributed by atoms with Crippen LogP contribution in [0, 0.1) is 27.7 Å². The molecule has 2 aromatic heterocycles. The lowest BCUT2D eigenvalue weighted by Crippen LogP contribution is -2.29. The Kier molecular flexibility index (Phi) is 4.71. The minimum Gasteiger partial charge on any atom is -0.352 e. The highest BCUT2D eigenvalue weighted by Crippen LogP contribution is 2.43. The van der Waals surface area contributed by atoms with Crippen LogP contribution in [-0.2, 0) is 7.05 Å². The fourth-order valence-corrected chi connectivity index (χ4v) is 4.57. The number of nitrogens with zero attached hydrogens (tertiary/aromatic N) is 3. The van der Waals surface area contributed by atoms with Gasteiger partial charge in [-0.3, -0.25) is 4.98 Å². The minimum atomic E-state index is -0.00461. The maximum absolute atomic E-state index is 5.83. The van der Waals surface area contributed by atoms with Gasteiger partial charge < -0.3 is 14.8 Å². The van der Waals surface area contributed by atoms with Crippen LogP contribution >= 0.6 is 12.2 Å². The van der Waals surface area contributed by atoms with Crippen molar-refractivity contribution in [2.75, 3.05) is 4.90 Å². The molecule has 4 rings (SSSR count). The molecule has 0 aliphatic carbocycles. The van der Waals surface area contributed by atoms with Crippen LogP contribution in [0.25, 0.3) is 0 Å². The van der Waals surface area contributed by atoms with E-state index in [4.69, 9.17) is 12.2 Å². The molecule has 0 radical (unpaired) electrons. The summed E-state index contributed by atoms with van der Waals surface area (Å²) >= 11 is 5.83. The molecular formula is C23H26N4S. The van der Waals surface area contributed by atoms with E-state index in [0.29, 0.717) is 0 Å². The van der Waals surface area contributed by atoms with Gasteiger partial charge in [0.25, 0.3) is 0 Å². The molecule has 0 amide bonds. The van der Waals surface area contributed by atoms with Crippen LogP contribution in [-0.4, -0.2) is 14.7 Å². The first-order chi connectivity index (χ1) is 13.4. The standard InChI is InChI=1S/C23H26N4S/c1-14-10-15(2)12-18(11-14)27-22(19-13-16(3)26(5)17(19)4)21(25-23(27)28)20-8-6-7-9-24-20/h6-13,21-22H,1-5H3,(H,25,28). The Morgan fingerprint density at radius 3 is 2.29 bits per heavy atom. The van der Waals surface area contributed by atoms with E-state index < -0.39 is 0 Å². The van der Waals surface area contributed by atoms with Crippen molar-refractivity contribution in [3.05, 3.63) is 82.4 Å². The third-order valence-corrected chi connectivity index (χ3v) is 6.03. The molecule has 1 aliphatic heterocycles. The number of thiocarbonyl (C=S) groups is 1. The molecule has 28 heavy (non-hydrogen) atoms. The summed E-state index contributed by atoms with van der Waals surface area (Å²) < 4.78 is 2.24. The zero-order chi connectivity index (χ0) is 20.0. The first kappa shape index (κ1) is 18.7. The van der Waals surface area contributed by atoms with Crippen LogP contribution in [0.1, 0.15) is 45.9 Å². The largest absolute Gasteiger partial charge is 0.352 e. The van der Waals surface area contributed by atoms with Crippen molar-refractivity contribution in [2.24, 2.45) is 7.05 Å². The normalized spacial score (nSPS) is 19.2. The lowest BCUT2D eigenvalue weighted by Gasteiger charge is -2.28. The molecule has 1 saturated heterocycles. The smallest absolute Gasteiger partial charge is 0.174 e. The maximum Gasteiger partial charge on any atom is 0.174 e. The van der Waals surface area contributed by atoms with E-state index in [-0.39, 0.29) is 12.1 Å². The Morgan fingerprint density at radius 2 is 1.71 bits per heavy atom. The molecule has 1 fully saturated rings. The lowest BCUT2D eigenvalue weighted by molar-refractivity contribution is 0.564. The fraction of sp³-hybridized carbons (Fsp3) is 0.304. The van der Waals surface area contributed by atoms with E-state index >= 15 is 0 Å². The van der Waals surface area contributed by atoms with Crippen LogP contribution in [0.15, 0.2) is 48.7 Å². The number of rotatable bonds is 3. The Morgan fingerprint density at radius 1 is 1.00 bits per heavy atom. The topological polar surface area (TPSA) is 33.1 Å². The molecule has 0 bridgehead atoms. The Balaban J connectivity index is 1.90. The van der Waals surface area contributed by atoms with Crippen molar-refractivity contribution in [2.45, 2.75) is 39.8 Å². The first-order valence-electron chi connectivity index (χ1n) is 9.58. The predicted molar refractivity (Wildman–Crippen MR) is 119 cm³/mol. The third-order valence-electron chi connectivity index (χ3n) is 5.72. The number of aromatic nitrogens is 2. The van der Waals surface area contributed by atoms with Gasteiger partial charge in [0.2, 0.25) is 0 Å². The summed E-state index contributed by atoms with van der Waals surface area (Å²) in [6, 6.07) is 15.0. The van der Waals surface area contributed by atoms with E-state index in [1.54, 1.807) is 0 Å². The average molecular weight is 391 g/mol. The molecule has 1 aliphatic rings. The number of benzene rings is 1. The van der Waals surface area contributed by atoms with Crippen molar-refractivity contribution in [3.8, 4) is 0 Å². The first-order valence-corrected chi connectivity index (χ1v) is 9.99. The molecular weight excluding hydrogens is 364 g/mol. The SMILES string of the molecule is Cc1cc(C)cc(N2C(=S)NC(c3ccccn3)C2c2cc(C)n(C)c2C)c1. The second-order valence-corrected chi connectivity index (χ2v) is 8.11. The Bertz CT molecular complexity index is 1020. The molecule has 0 saturated carbocycles. The third kappa shape index (κ3) is 3.10. The van der Waals surface area contributed by atoms with Crippen molar-refractivity contribution < 1.29 is 0 Å². The number of nitrogens with one attached hydrogen (secondary N) is 1. The molecule has 1 aromatic carbocycles. The molecule has 4 nitrogen and oxygen atoms in total. The van der Waals surface area contributed by atoms with Gasteiger partial charge in [-0.15, -0.1) is 0 Å². The highest BCUT2D eigenvalue weighted by Gasteiger charge is 2.42. The quantitative estimate of drug-likeness (QED) is 0.649. The molecule has 3 aromatic rings. The number of hydrogen-bond acceptors (Lipinski definition) is 2. The number of anilines is 1. The average Bonchev–Trinajstić information content (AvgIpc) is 3.13. The molecule has 144 valence electrons. The van der Waals surface area contributed by atoms with E-state index in [1.165, 1.54) is 28.1 Å². The summed E-state index contributed by atoms with van der Waals surface area (Å²) in [7, 11) is 2.12. The van der Waals surface area contributed by atoms with Gasteiger partial charge in [0, 0.05) is 30.3 Å². The van der Waals surface area contributed by atoms with E-state index in [1.807, 2.05) is 18.3 Å². The van der Waals surface area contributed by atoms with E-state index in [9.17, 15) is 0 Å².